The van der Waals surface area contributed by atoms with Gasteiger partial charge >= 0.3 is 33.4 Å². The molecule has 0 saturated heterocycles. The number of rotatable bonds is 1. The van der Waals surface area contributed by atoms with Crippen LogP contribution in [0.3, 0.4) is 0 Å². The molecule has 0 spiro atoms. The Kier molecular flexibility index (Phi) is 1.65. The Morgan fingerprint density at radius 2 is 1.67 bits per heavy atom. The topological polar surface area (TPSA) is 74.6 Å². The summed E-state index contributed by atoms with van der Waals surface area (Å²) in [6.07, 6.45) is 0. The minimum absolute atomic E-state index is 0.396. The molecule has 2 N–H and O–H groups in total. The van der Waals surface area contributed by atoms with E-state index in [4.69, 9.17) is 14.5 Å². The molecule has 0 bridgehead atoms. The molecule has 0 aliphatic carbocycles. The van der Waals surface area contributed by atoms with Crippen molar-refractivity contribution in [3.8, 4) is 0 Å². The number of hydrogen-bond acceptors (Lipinski definition) is 2. The molecular weight excluding hydrogens is 106 g/mol. The fourth-order valence-electron chi connectivity index (χ4n) is 0. The summed E-state index contributed by atoms with van der Waals surface area (Å²) >= 11 is 0. The molecule has 0 aliphatic rings. The van der Waals surface area contributed by atoms with Crippen molar-refractivity contribution in [3.63, 3.8) is 0 Å². The van der Waals surface area contributed by atoms with Gasteiger partial charge in [0.2, 0.25) is 0 Å². The third kappa shape index (κ3) is 4.01. The molecule has 34 valence electrons. The molecular formula is H2BO4P. The standard InChI is InChI=1S/BH2O4P/c2-1-6(3,4)5/h(H2,3,4,5). The van der Waals surface area contributed by atoms with E-state index in [0.29, 0.717) is 0 Å². The second-order valence-electron chi connectivity index (χ2n) is 0.695. The van der Waals surface area contributed by atoms with Crippen LogP contribution in [0.25, 0.3) is 0 Å². The maximum absolute atomic E-state index is 9.33. The van der Waals surface area contributed by atoms with Crippen molar-refractivity contribution in [1.82, 2.24) is 0 Å². The molecule has 0 unspecified atom stereocenters. The summed E-state index contributed by atoms with van der Waals surface area (Å²) in [6.45, 7) is -0.396. The minimum atomic E-state index is -4.33. The summed E-state index contributed by atoms with van der Waals surface area (Å²) in [7, 11) is -4.33. The normalized spacial score (nSPS) is 10.3. The Morgan fingerprint density at radius 1 is 1.50 bits per heavy atom. The van der Waals surface area contributed by atoms with Crippen LogP contribution in [0.2, 0.25) is 0 Å². The van der Waals surface area contributed by atoms with E-state index in [-0.39, 0.29) is 0 Å². The Bertz CT molecular complexity index is 89.7. The van der Waals surface area contributed by atoms with Gasteiger partial charge in [0, 0.05) is 0 Å². The second kappa shape index (κ2) is 1.64. The summed E-state index contributed by atoms with van der Waals surface area (Å²) in [5.74, 6) is 0. The molecule has 0 aromatic carbocycles. The van der Waals surface area contributed by atoms with Crippen LogP contribution in [-0.4, -0.2) is 16.7 Å². The summed E-state index contributed by atoms with van der Waals surface area (Å²) in [6, 6.07) is 0. The predicted molar refractivity (Wildman–Crippen MR) is 18.5 cm³/mol. The van der Waals surface area contributed by atoms with Gasteiger partial charge in [-0.1, -0.05) is 0 Å². The molecule has 0 radical (unpaired) electrons. The van der Waals surface area contributed by atoms with Crippen LogP contribution in [0.1, 0.15) is 0 Å². The van der Waals surface area contributed by atoms with Crippen LogP contribution in [0.15, 0.2) is 0 Å². The van der Waals surface area contributed by atoms with Gasteiger partial charge < -0.3 is 0 Å². The SMILES string of the molecule is O=BP(=O)(O)O. The van der Waals surface area contributed by atoms with Crippen LogP contribution >= 0.6 is 7.47 Å². The Morgan fingerprint density at radius 3 is 1.67 bits per heavy atom. The number of hydrogen-bond donors (Lipinski definition) is 2. The van der Waals surface area contributed by atoms with Gasteiger partial charge in [-0.3, -0.25) is 0 Å². The van der Waals surface area contributed by atoms with Gasteiger partial charge in [-0.2, -0.15) is 0 Å². The monoisotopic (exact) mass is 108 g/mol. The van der Waals surface area contributed by atoms with Crippen molar-refractivity contribution in [3.05, 3.63) is 0 Å². The van der Waals surface area contributed by atoms with Crippen molar-refractivity contribution in [1.29, 1.82) is 0 Å². The first-order valence-corrected chi connectivity index (χ1v) is 2.76. The third-order valence-corrected chi connectivity index (χ3v) is 0.412. The van der Waals surface area contributed by atoms with E-state index in [1.165, 1.54) is 0 Å². The molecule has 0 fully saturated rings. The predicted octanol–water partition coefficient (Wildman–Crippen LogP) is -0.871. The summed E-state index contributed by atoms with van der Waals surface area (Å²) in [4.78, 5) is 15.1. The fourth-order valence-corrected chi connectivity index (χ4v) is 0. The van der Waals surface area contributed by atoms with Crippen LogP contribution in [0.5, 0.6) is 0 Å². The van der Waals surface area contributed by atoms with Gasteiger partial charge in [0.05, 0.1) is 0 Å². The van der Waals surface area contributed by atoms with Gasteiger partial charge in [-0.25, -0.2) is 0 Å². The van der Waals surface area contributed by atoms with Gasteiger partial charge in [0.1, 0.15) is 0 Å². The molecule has 0 aromatic rings. The molecule has 0 aromatic heterocycles. The molecule has 0 saturated carbocycles. The molecule has 0 heterocycles. The van der Waals surface area contributed by atoms with Crippen LogP contribution in [-0.2, 0) is 9.27 Å². The third-order valence-electron chi connectivity index (χ3n) is 0.137. The van der Waals surface area contributed by atoms with E-state index in [1.807, 2.05) is 0 Å². The Labute approximate surface area is 34.5 Å². The van der Waals surface area contributed by atoms with Crippen LogP contribution < -0.4 is 0 Å². The average Bonchev–Trinajstić information content (AvgIpc) is 1.35. The Hall–Kier alpha value is 0.0149. The summed E-state index contributed by atoms with van der Waals surface area (Å²) < 4.78 is 18.4. The molecule has 0 amide bonds. The molecule has 0 rings (SSSR count). The molecule has 4 nitrogen and oxygen atoms in total. The summed E-state index contributed by atoms with van der Waals surface area (Å²) in [5.41, 5.74) is 0. The first kappa shape index (κ1) is 6.01. The average molecular weight is 108 g/mol. The van der Waals surface area contributed by atoms with E-state index in [2.05, 4.69) is 0 Å². The van der Waals surface area contributed by atoms with Crippen LogP contribution in [0.4, 0.5) is 0 Å². The molecule has 0 aliphatic heterocycles. The fraction of sp³-hybridized carbons (Fsp3) is 0. The van der Waals surface area contributed by atoms with Crippen molar-refractivity contribution in [2.75, 3.05) is 0 Å². The van der Waals surface area contributed by atoms with Crippen molar-refractivity contribution in [2.24, 2.45) is 0 Å². The Balaban J connectivity index is 3.81. The molecule has 6 heavy (non-hydrogen) atoms. The van der Waals surface area contributed by atoms with Crippen LogP contribution in [0, 0.1) is 0 Å². The summed E-state index contributed by atoms with van der Waals surface area (Å²) in [5, 5.41) is 0. The van der Waals surface area contributed by atoms with Crippen molar-refractivity contribution >= 4 is 14.3 Å². The van der Waals surface area contributed by atoms with Gasteiger partial charge in [-0.15, -0.1) is 0 Å². The van der Waals surface area contributed by atoms with E-state index < -0.39 is 14.3 Å². The van der Waals surface area contributed by atoms with Gasteiger partial charge in [-0.05, 0) is 0 Å². The quantitative estimate of drug-likeness (QED) is 0.338. The van der Waals surface area contributed by atoms with Crippen molar-refractivity contribution < 1.29 is 19.1 Å². The first-order valence-electron chi connectivity index (χ1n) is 1.08. The van der Waals surface area contributed by atoms with E-state index in [1.54, 1.807) is 0 Å². The molecule has 0 atom stereocenters. The van der Waals surface area contributed by atoms with E-state index in [9.17, 15) is 4.57 Å². The zero-order valence-electron chi connectivity index (χ0n) is 2.74. The maximum atomic E-state index is 9.33. The zero-order valence-corrected chi connectivity index (χ0v) is 3.63. The van der Waals surface area contributed by atoms with Gasteiger partial charge in [0.25, 0.3) is 0 Å². The zero-order chi connectivity index (χ0) is 5.21. The van der Waals surface area contributed by atoms with E-state index in [0.717, 1.165) is 0 Å². The second-order valence-corrected chi connectivity index (χ2v) is 2.08. The van der Waals surface area contributed by atoms with Gasteiger partial charge in [0.15, 0.2) is 0 Å². The van der Waals surface area contributed by atoms with Crippen molar-refractivity contribution in [2.45, 2.75) is 0 Å². The van der Waals surface area contributed by atoms with E-state index >= 15 is 0 Å². The first-order chi connectivity index (χ1) is 2.56. The molecule has 6 heteroatoms.